The fraction of sp³-hybridized carbons (Fsp3) is 0.250. The van der Waals surface area contributed by atoms with Gasteiger partial charge in [0.25, 0.3) is 0 Å². The van der Waals surface area contributed by atoms with E-state index in [2.05, 4.69) is 0 Å². The van der Waals surface area contributed by atoms with E-state index in [-0.39, 0.29) is 6.42 Å². The monoisotopic (exact) mass is 294 g/mol. The summed E-state index contributed by atoms with van der Waals surface area (Å²) in [6.07, 6.45) is -6.74. The van der Waals surface area contributed by atoms with E-state index in [0.717, 1.165) is 16.4 Å². The Kier molecular flexibility index (Phi) is 3.37. The summed E-state index contributed by atoms with van der Waals surface area (Å²) >= 11 is 0. The van der Waals surface area contributed by atoms with Gasteiger partial charge in [-0.1, -0.05) is 24.3 Å². The average molecular weight is 294 g/mol. The van der Waals surface area contributed by atoms with Gasteiger partial charge >= 0.3 is 6.18 Å². The summed E-state index contributed by atoms with van der Waals surface area (Å²) in [7, 11) is 0. The van der Waals surface area contributed by atoms with Crippen molar-refractivity contribution in [1.29, 1.82) is 0 Å². The topological polar surface area (TPSA) is 33.4 Å². The molecule has 0 aliphatic carbocycles. The molecule has 0 saturated heterocycles. The van der Waals surface area contributed by atoms with Crippen molar-refractivity contribution in [1.82, 2.24) is 0 Å². The lowest BCUT2D eigenvalue weighted by Crippen LogP contribution is -2.10. The highest BCUT2D eigenvalue weighted by molar-refractivity contribution is 6.04. The third-order valence-corrected chi connectivity index (χ3v) is 3.49. The molecule has 3 rings (SSSR count). The minimum absolute atomic E-state index is 0.342. The number of hydrogen-bond acceptors (Lipinski definition) is 2. The number of aliphatic hydroxyl groups is 1. The minimum atomic E-state index is -4.26. The number of furan rings is 1. The van der Waals surface area contributed by atoms with Crippen molar-refractivity contribution in [2.45, 2.75) is 25.1 Å². The molecule has 1 aromatic heterocycles. The van der Waals surface area contributed by atoms with Crippen LogP contribution < -0.4 is 0 Å². The number of aliphatic hydroxyl groups excluding tert-OH is 1. The molecule has 5 heteroatoms. The first kappa shape index (κ1) is 13.9. The van der Waals surface area contributed by atoms with Gasteiger partial charge < -0.3 is 9.52 Å². The molecule has 3 aromatic rings. The highest BCUT2D eigenvalue weighted by Gasteiger charge is 2.28. The van der Waals surface area contributed by atoms with E-state index >= 15 is 0 Å². The molecule has 21 heavy (non-hydrogen) atoms. The number of para-hydroxylation sites is 1. The number of alkyl halides is 3. The quantitative estimate of drug-likeness (QED) is 0.740. The zero-order valence-corrected chi connectivity index (χ0v) is 11.0. The summed E-state index contributed by atoms with van der Waals surface area (Å²) < 4.78 is 42.3. The third-order valence-electron chi connectivity index (χ3n) is 3.49. The Morgan fingerprint density at radius 3 is 2.48 bits per heavy atom. The van der Waals surface area contributed by atoms with Crippen LogP contribution in [0.5, 0.6) is 0 Å². The smallest absolute Gasteiger partial charge is 0.389 e. The molecule has 0 saturated carbocycles. The Balaban J connectivity index is 1.94. The van der Waals surface area contributed by atoms with Crippen LogP contribution in [0.15, 0.2) is 46.9 Å². The lowest BCUT2D eigenvalue weighted by Gasteiger charge is -2.12. The van der Waals surface area contributed by atoms with Crippen LogP contribution in [0.4, 0.5) is 13.2 Å². The first-order chi connectivity index (χ1) is 9.94. The van der Waals surface area contributed by atoms with E-state index < -0.39 is 18.7 Å². The highest BCUT2D eigenvalue weighted by Crippen LogP contribution is 2.33. The van der Waals surface area contributed by atoms with Gasteiger partial charge in [-0.25, -0.2) is 0 Å². The van der Waals surface area contributed by atoms with Crippen LogP contribution >= 0.6 is 0 Å². The van der Waals surface area contributed by atoms with Crippen LogP contribution in [-0.4, -0.2) is 11.3 Å². The van der Waals surface area contributed by atoms with Crippen LogP contribution in [0, 0.1) is 0 Å². The van der Waals surface area contributed by atoms with E-state index in [0.29, 0.717) is 11.1 Å². The second-order valence-electron chi connectivity index (χ2n) is 5.02. The summed E-state index contributed by atoms with van der Waals surface area (Å²) in [4.78, 5) is 0. The van der Waals surface area contributed by atoms with Gasteiger partial charge in [0, 0.05) is 17.2 Å². The summed E-state index contributed by atoms with van der Waals surface area (Å²) in [5.41, 5.74) is 1.84. The lowest BCUT2D eigenvalue weighted by molar-refractivity contribution is -0.140. The Hall–Kier alpha value is -2.01. The van der Waals surface area contributed by atoms with Crippen molar-refractivity contribution < 1.29 is 22.7 Å². The van der Waals surface area contributed by atoms with Gasteiger partial charge in [0.2, 0.25) is 0 Å². The standard InChI is InChI=1S/C16H13F3O2/c17-16(18,19)8-7-13(20)10-5-6-15-12(9-10)11-3-1-2-4-14(11)21-15/h1-6,9,13,20H,7-8H2. The van der Waals surface area contributed by atoms with Gasteiger partial charge in [-0.3, -0.25) is 0 Å². The van der Waals surface area contributed by atoms with Crippen molar-refractivity contribution in [3.63, 3.8) is 0 Å². The molecule has 0 aliphatic heterocycles. The van der Waals surface area contributed by atoms with Gasteiger partial charge in [-0.05, 0) is 30.2 Å². The molecule has 0 bridgehead atoms. The molecule has 0 amide bonds. The van der Waals surface area contributed by atoms with Crippen LogP contribution in [0.1, 0.15) is 24.5 Å². The zero-order valence-electron chi connectivity index (χ0n) is 11.0. The first-order valence-electron chi connectivity index (χ1n) is 6.60. The molecule has 0 spiro atoms. The number of hydrogen-bond donors (Lipinski definition) is 1. The average Bonchev–Trinajstić information content (AvgIpc) is 2.81. The van der Waals surface area contributed by atoms with Crippen molar-refractivity contribution in [2.75, 3.05) is 0 Å². The van der Waals surface area contributed by atoms with E-state index in [1.165, 1.54) is 0 Å². The molecule has 1 N–H and O–H groups in total. The second kappa shape index (κ2) is 5.07. The largest absolute Gasteiger partial charge is 0.456 e. The first-order valence-corrected chi connectivity index (χ1v) is 6.60. The number of halogens is 3. The van der Waals surface area contributed by atoms with Crippen LogP contribution in [0.3, 0.4) is 0 Å². The number of rotatable bonds is 3. The van der Waals surface area contributed by atoms with Gasteiger partial charge in [0.05, 0.1) is 6.10 Å². The Bertz CT molecular complexity index is 774. The summed E-state index contributed by atoms with van der Waals surface area (Å²) in [6.45, 7) is 0. The molecule has 110 valence electrons. The van der Waals surface area contributed by atoms with Gasteiger partial charge in [-0.2, -0.15) is 13.2 Å². The van der Waals surface area contributed by atoms with Gasteiger partial charge in [0.15, 0.2) is 0 Å². The predicted octanol–water partition coefficient (Wildman–Crippen LogP) is 4.96. The summed E-state index contributed by atoms with van der Waals surface area (Å²) in [6, 6.07) is 12.4. The highest BCUT2D eigenvalue weighted by atomic mass is 19.4. The molecule has 2 aromatic carbocycles. The van der Waals surface area contributed by atoms with E-state index in [4.69, 9.17) is 4.42 Å². The van der Waals surface area contributed by atoms with Crippen molar-refractivity contribution in [3.05, 3.63) is 48.0 Å². The van der Waals surface area contributed by atoms with Gasteiger partial charge in [0.1, 0.15) is 11.2 Å². The fourth-order valence-electron chi connectivity index (χ4n) is 2.42. The Morgan fingerprint density at radius 2 is 1.71 bits per heavy atom. The number of fused-ring (bicyclic) bond motifs is 3. The predicted molar refractivity (Wildman–Crippen MR) is 74.0 cm³/mol. The molecule has 1 heterocycles. The molecular formula is C16H13F3O2. The Labute approximate surface area is 118 Å². The van der Waals surface area contributed by atoms with Crippen molar-refractivity contribution in [3.8, 4) is 0 Å². The fourth-order valence-corrected chi connectivity index (χ4v) is 2.42. The summed E-state index contributed by atoms with van der Waals surface area (Å²) in [5.74, 6) is 0. The van der Waals surface area contributed by atoms with Crippen LogP contribution in [0.25, 0.3) is 21.9 Å². The molecule has 0 aliphatic rings. The maximum absolute atomic E-state index is 12.2. The molecule has 2 nitrogen and oxygen atoms in total. The molecule has 1 atom stereocenters. The normalized spacial score (nSPS) is 13.9. The van der Waals surface area contributed by atoms with Crippen molar-refractivity contribution >= 4 is 21.9 Å². The lowest BCUT2D eigenvalue weighted by atomic mass is 10.0. The van der Waals surface area contributed by atoms with E-state index in [9.17, 15) is 18.3 Å². The maximum Gasteiger partial charge on any atom is 0.389 e. The maximum atomic E-state index is 12.2. The third kappa shape index (κ3) is 2.88. The van der Waals surface area contributed by atoms with Crippen molar-refractivity contribution in [2.24, 2.45) is 0 Å². The van der Waals surface area contributed by atoms with Crippen LogP contribution in [-0.2, 0) is 0 Å². The minimum Gasteiger partial charge on any atom is -0.456 e. The summed E-state index contributed by atoms with van der Waals surface area (Å²) in [5, 5.41) is 11.6. The molecule has 0 radical (unpaired) electrons. The van der Waals surface area contributed by atoms with E-state index in [1.54, 1.807) is 18.2 Å². The molecule has 0 fully saturated rings. The van der Waals surface area contributed by atoms with Gasteiger partial charge in [-0.15, -0.1) is 0 Å². The second-order valence-corrected chi connectivity index (χ2v) is 5.02. The van der Waals surface area contributed by atoms with Crippen LogP contribution in [0.2, 0.25) is 0 Å². The molecule has 1 unspecified atom stereocenters. The zero-order chi connectivity index (χ0) is 15.0. The Morgan fingerprint density at radius 1 is 1.00 bits per heavy atom. The molecular weight excluding hydrogens is 281 g/mol. The van der Waals surface area contributed by atoms with E-state index in [1.807, 2.05) is 24.3 Å². The SMILES string of the molecule is OC(CCC(F)(F)F)c1ccc2oc3ccccc3c2c1. The number of benzene rings is 2.